The predicted molar refractivity (Wildman–Crippen MR) is 80.8 cm³/mol. The Kier molecular flexibility index (Phi) is 5.43. The Bertz CT molecular complexity index is 445. The van der Waals surface area contributed by atoms with Crippen molar-refractivity contribution in [2.75, 3.05) is 14.2 Å². The molecule has 2 N–H and O–H groups in total. The van der Waals surface area contributed by atoms with E-state index in [1.807, 2.05) is 32.9 Å². The van der Waals surface area contributed by atoms with E-state index in [-0.39, 0.29) is 5.54 Å². The van der Waals surface area contributed by atoms with Crippen molar-refractivity contribution in [3.8, 4) is 11.5 Å². The average molecular weight is 263 g/mol. The van der Waals surface area contributed by atoms with Gasteiger partial charge in [0.1, 0.15) is 11.5 Å². The van der Waals surface area contributed by atoms with Gasteiger partial charge in [0.05, 0.1) is 14.2 Å². The van der Waals surface area contributed by atoms with Crippen LogP contribution in [0.5, 0.6) is 11.5 Å². The fraction of sp³-hybridized carbons (Fsp3) is 0.500. The lowest BCUT2D eigenvalue weighted by Crippen LogP contribution is -2.31. The van der Waals surface area contributed by atoms with Crippen molar-refractivity contribution in [1.82, 2.24) is 0 Å². The van der Waals surface area contributed by atoms with Gasteiger partial charge in [0.25, 0.3) is 0 Å². The largest absolute Gasteiger partial charge is 0.496 e. The monoisotopic (exact) mass is 263 g/mol. The summed E-state index contributed by atoms with van der Waals surface area (Å²) in [7, 11) is 3.35. The van der Waals surface area contributed by atoms with Gasteiger partial charge >= 0.3 is 0 Å². The molecule has 0 radical (unpaired) electrons. The van der Waals surface area contributed by atoms with E-state index in [1.165, 1.54) is 0 Å². The molecule has 0 atom stereocenters. The minimum absolute atomic E-state index is 0.121. The molecule has 0 fully saturated rings. The molecule has 0 saturated heterocycles. The second-order valence-corrected chi connectivity index (χ2v) is 5.44. The van der Waals surface area contributed by atoms with Gasteiger partial charge in [-0.25, -0.2) is 0 Å². The number of rotatable bonds is 6. The lowest BCUT2D eigenvalue weighted by Gasteiger charge is -2.16. The molecule has 1 rings (SSSR count). The van der Waals surface area contributed by atoms with Crippen molar-refractivity contribution >= 4 is 6.08 Å². The second kappa shape index (κ2) is 6.62. The number of benzene rings is 1. The molecule has 1 aromatic carbocycles. The van der Waals surface area contributed by atoms with Crippen LogP contribution in [0, 0.1) is 6.92 Å². The first-order valence-electron chi connectivity index (χ1n) is 6.56. The van der Waals surface area contributed by atoms with Crippen LogP contribution >= 0.6 is 0 Å². The number of nitrogens with two attached hydrogens (primary N) is 1. The molecule has 0 aliphatic heterocycles. The Labute approximate surface area is 116 Å². The standard InChI is InChI=1S/C16H25NO2/c1-12-14(18-4)10-9-13(15(12)19-5)8-6-7-11-16(2,3)17/h6,8-10H,7,11,17H2,1-5H3/b8-6+. The quantitative estimate of drug-likeness (QED) is 0.853. The second-order valence-electron chi connectivity index (χ2n) is 5.44. The van der Waals surface area contributed by atoms with Gasteiger partial charge in [0, 0.05) is 16.7 Å². The zero-order valence-corrected chi connectivity index (χ0v) is 12.6. The first kappa shape index (κ1) is 15.6. The maximum absolute atomic E-state index is 5.96. The first-order valence-corrected chi connectivity index (χ1v) is 6.56. The number of hydrogen-bond donors (Lipinski definition) is 1. The van der Waals surface area contributed by atoms with E-state index < -0.39 is 0 Å². The van der Waals surface area contributed by atoms with Crippen molar-refractivity contribution in [1.29, 1.82) is 0 Å². The van der Waals surface area contributed by atoms with Gasteiger partial charge in [-0.05, 0) is 45.7 Å². The van der Waals surface area contributed by atoms with Crippen molar-refractivity contribution in [2.45, 2.75) is 39.2 Å². The molecule has 0 aliphatic rings. The van der Waals surface area contributed by atoms with Crippen LogP contribution in [0.4, 0.5) is 0 Å². The van der Waals surface area contributed by atoms with Gasteiger partial charge in [-0.15, -0.1) is 0 Å². The van der Waals surface area contributed by atoms with Crippen LogP contribution < -0.4 is 15.2 Å². The van der Waals surface area contributed by atoms with Crippen molar-refractivity contribution in [2.24, 2.45) is 5.73 Å². The third-order valence-corrected chi connectivity index (χ3v) is 3.06. The average Bonchev–Trinajstić information content (AvgIpc) is 2.33. The van der Waals surface area contributed by atoms with Crippen LogP contribution in [0.2, 0.25) is 0 Å². The molecule has 1 aromatic rings. The molecule has 0 spiro atoms. The summed E-state index contributed by atoms with van der Waals surface area (Å²) in [5, 5.41) is 0. The van der Waals surface area contributed by atoms with Gasteiger partial charge in [-0.3, -0.25) is 0 Å². The van der Waals surface area contributed by atoms with Crippen LogP contribution in [0.25, 0.3) is 6.08 Å². The summed E-state index contributed by atoms with van der Waals surface area (Å²) in [6.07, 6.45) is 6.13. The molecule has 106 valence electrons. The third kappa shape index (κ3) is 4.60. The Morgan fingerprint density at radius 1 is 1.21 bits per heavy atom. The van der Waals surface area contributed by atoms with Gasteiger partial charge < -0.3 is 15.2 Å². The van der Waals surface area contributed by atoms with E-state index in [0.29, 0.717) is 0 Å². The molecule has 0 heterocycles. The molecule has 3 heteroatoms. The first-order chi connectivity index (χ1) is 8.89. The van der Waals surface area contributed by atoms with Gasteiger partial charge in [-0.2, -0.15) is 0 Å². The van der Waals surface area contributed by atoms with E-state index in [9.17, 15) is 0 Å². The maximum atomic E-state index is 5.96. The van der Waals surface area contributed by atoms with Crippen LogP contribution in [0.1, 0.15) is 37.8 Å². The third-order valence-electron chi connectivity index (χ3n) is 3.06. The van der Waals surface area contributed by atoms with E-state index >= 15 is 0 Å². The molecule has 0 aromatic heterocycles. The van der Waals surface area contributed by atoms with E-state index in [1.54, 1.807) is 14.2 Å². The number of allylic oxidation sites excluding steroid dienone is 1. The summed E-state index contributed by atoms with van der Waals surface area (Å²) >= 11 is 0. The smallest absolute Gasteiger partial charge is 0.132 e. The normalized spacial score (nSPS) is 11.9. The van der Waals surface area contributed by atoms with Crippen molar-refractivity contribution in [3.63, 3.8) is 0 Å². The molecule has 0 amide bonds. The number of hydrogen-bond acceptors (Lipinski definition) is 3. The fourth-order valence-electron chi connectivity index (χ4n) is 1.98. The molecule has 3 nitrogen and oxygen atoms in total. The zero-order chi connectivity index (χ0) is 14.5. The van der Waals surface area contributed by atoms with Gasteiger partial charge in [-0.1, -0.05) is 12.2 Å². The lowest BCUT2D eigenvalue weighted by molar-refractivity contribution is 0.388. The van der Waals surface area contributed by atoms with Crippen LogP contribution in [-0.2, 0) is 0 Å². The Hall–Kier alpha value is -1.48. The molecular formula is C16H25NO2. The summed E-state index contributed by atoms with van der Waals surface area (Å²) in [5.74, 6) is 1.71. The maximum Gasteiger partial charge on any atom is 0.132 e. The van der Waals surface area contributed by atoms with Crippen molar-refractivity contribution < 1.29 is 9.47 Å². The Morgan fingerprint density at radius 2 is 1.89 bits per heavy atom. The molecular weight excluding hydrogens is 238 g/mol. The van der Waals surface area contributed by atoms with Crippen LogP contribution in [-0.4, -0.2) is 19.8 Å². The summed E-state index contributed by atoms with van der Waals surface area (Å²) in [4.78, 5) is 0. The highest BCUT2D eigenvalue weighted by Crippen LogP contribution is 2.32. The van der Waals surface area contributed by atoms with Crippen LogP contribution in [0.3, 0.4) is 0 Å². The Balaban J connectivity index is 2.84. The highest BCUT2D eigenvalue weighted by atomic mass is 16.5. The summed E-state index contributed by atoms with van der Waals surface area (Å²) in [6.45, 7) is 6.08. The molecule has 0 bridgehead atoms. The minimum atomic E-state index is -0.121. The van der Waals surface area contributed by atoms with E-state index in [4.69, 9.17) is 15.2 Å². The highest BCUT2D eigenvalue weighted by molar-refractivity contribution is 5.62. The summed E-state index contributed by atoms with van der Waals surface area (Å²) in [6, 6.07) is 3.97. The van der Waals surface area contributed by atoms with Gasteiger partial charge in [0.15, 0.2) is 0 Å². The molecule has 19 heavy (non-hydrogen) atoms. The Morgan fingerprint density at radius 3 is 2.42 bits per heavy atom. The summed E-state index contributed by atoms with van der Waals surface area (Å²) < 4.78 is 10.8. The predicted octanol–water partition coefficient (Wildman–Crippen LogP) is 3.54. The van der Waals surface area contributed by atoms with Crippen molar-refractivity contribution in [3.05, 3.63) is 29.3 Å². The topological polar surface area (TPSA) is 44.5 Å². The van der Waals surface area contributed by atoms with Gasteiger partial charge in [0.2, 0.25) is 0 Å². The molecule has 0 unspecified atom stereocenters. The molecule has 0 saturated carbocycles. The fourth-order valence-corrected chi connectivity index (χ4v) is 1.98. The van der Waals surface area contributed by atoms with E-state index in [0.717, 1.165) is 35.5 Å². The lowest BCUT2D eigenvalue weighted by atomic mass is 9.99. The minimum Gasteiger partial charge on any atom is -0.496 e. The number of methoxy groups -OCH3 is 2. The van der Waals surface area contributed by atoms with E-state index in [2.05, 4.69) is 12.2 Å². The SMILES string of the molecule is COc1ccc(/C=C/CCC(C)(C)N)c(OC)c1C. The zero-order valence-electron chi connectivity index (χ0n) is 12.6. The highest BCUT2D eigenvalue weighted by Gasteiger charge is 2.10. The van der Waals surface area contributed by atoms with Crippen LogP contribution in [0.15, 0.2) is 18.2 Å². The summed E-state index contributed by atoms with van der Waals surface area (Å²) in [5.41, 5.74) is 7.92. The molecule has 0 aliphatic carbocycles. The number of ether oxygens (including phenoxy) is 2.